The third kappa shape index (κ3) is 2.19. The minimum absolute atomic E-state index is 0.200. The Kier molecular flexibility index (Phi) is 2.51. The number of carbonyl (C=O) groups is 1. The smallest absolute Gasteiger partial charge is 0.302 e. The molecule has 1 saturated carbocycles. The van der Waals surface area contributed by atoms with Gasteiger partial charge in [0.1, 0.15) is 6.79 Å². The maximum absolute atomic E-state index is 10.5. The molecule has 0 bridgehead atoms. The van der Waals surface area contributed by atoms with E-state index in [1.807, 2.05) is 0 Å². The zero-order valence-electron chi connectivity index (χ0n) is 7.69. The van der Waals surface area contributed by atoms with Crippen molar-refractivity contribution in [1.29, 1.82) is 0 Å². The second-order valence-electron chi connectivity index (χ2n) is 3.66. The van der Waals surface area contributed by atoms with Gasteiger partial charge in [-0.25, -0.2) is 0 Å². The molecule has 0 amide bonds. The van der Waals surface area contributed by atoms with E-state index in [4.69, 9.17) is 14.2 Å². The minimum Gasteiger partial charge on any atom is -0.466 e. The third-order valence-corrected chi connectivity index (χ3v) is 2.60. The second kappa shape index (κ2) is 3.64. The molecule has 0 N–H and O–H groups in total. The Balaban J connectivity index is 1.66. The lowest BCUT2D eigenvalue weighted by atomic mass is 10.2. The molecule has 4 nitrogen and oxygen atoms in total. The van der Waals surface area contributed by atoms with E-state index in [9.17, 15) is 4.79 Å². The van der Waals surface area contributed by atoms with Crippen molar-refractivity contribution in [3.05, 3.63) is 0 Å². The fourth-order valence-electron chi connectivity index (χ4n) is 1.74. The van der Waals surface area contributed by atoms with Gasteiger partial charge in [0.2, 0.25) is 0 Å². The van der Waals surface area contributed by atoms with Gasteiger partial charge >= 0.3 is 5.97 Å². The lowest BCUT2D eigenvalue weighted by Crippen LogP contribution is -2.15. The van der Waals surface area contributed by atoms with Gasteiger partial charge in [0, 0.05) is 6.92 Å². The van der Waals surface area contributed by atoms with Crippen LogP contribution in [0.2, 0.25) is 0 Å². The first-order valence-electron chi connectivity index (χ1n) is 4.60. The maximum atomic E-state index is 10.5. The highest BCUT2D eigenvalue weighted by atomic mass is 16.7. The molecular weight excluding hydrogens is 172 g/mol. The summed E-state index contributed by atoms with van der Waals surface area (Å²) in [4.78, 5) is 10.5. The normalized spacial score (nSPS) is 37.5. The molecule has 0 spiro atoms. The Bertz CT molecular complexity index is 198. The molecule has 13 heavy (non-hydrogen) atoms. The largest absolute Gasteiger partial charge is 0.466 e. The van der Waals surface area contributed by atoms with Crippen LogP contribution in [-0.4, -0.2) is 32.1 Å². The molecule has 0 aromatic carbocycles. The van der Waals surface area contributed by atoms with Crippen molar-refractivity contribution in [3.8, 4) is 0 Å². The van der Waals surface area contributed by atoms with Crippen LogP contribution in [0.25, 0.3) is 0 Å². The molecule has 0 radical (unpaired) electrons. The van der Waals surface area contributed by atoms with E-state index in [2.05, 4.69) is 0 Å². The Morgan fingerprint density at radius 2 is 2.46 bits per heavy atom. The summed E-state index contributed by atoms with van der Waals surface area (Å²) in [6.07, 6.45) is 1.34. The van der Waals surface area contributed by atoms with Crippen LogP contribution >= 0.6 is 0 Å². The summed E-state index contributed by atoms with van der Waals surface area (Å²) in [7, 11) is 0. The molecule has 1 aliphatic carbocycles. The van der Waals surface area contributed by atoms with Crippen LogP contribution in [0.15, 0.2) is 0 Å². The van der Waals surface area contributed by atoms with Gasteiger partial charge in [0.25, 0.3) is 0 Å². The van der Waals surface area contributed by atoms with Crippen LogP contribution in [-0.2, 0) is 19.0 Å². The maximum Gasteiger partial charge on any atom is 0.302 e. The van der Waals surface area contributed by atoms with Gasteiger partial charge in [0.15, 0.2) is 0 Å². The number of hydrogen-bond donors (Lipinski definition) is 0. The monoisotopic (exact) mass is 186 g/mol. The third-order valence-electron chi connectivity index (χ3n) is 2.60. The molecule has 2 fully saturated rings. The van der Waals surface area contributed by atoms with E-state index in [1.165, 1.54) is 6.92 Å². The lowest BCUT2D eigenvalue weighted by Gasteiger charge is -2.05. The first-order chi connectivity index (χ1) is 6.27. The lowest BCUT2D eigenvalue weighted by molar-refractivity contribution is -0.141. The standard InChI is InChI=1S/C9H14O4/c1-6(10)12-3-7-2-8(7)9-4-11-5-13-9/h7-9H,2-5H2,1H3. The van der Waals surface area contributed by atoms with Crippen molar-refractivity contribution in [2.45, 2.75) is 19.4 Å². The summed E-state index contributed by atoms with van der Waals surface area (Å²) in [5.41, 5.74) is 0. The fraction of sp³-hybridized carbons (Fsp3) is 0.889. The van der Waals surface area contributed by atoms with E-state index in [0.29, 0.717) is 31.8 Å². The number of rotatable bonds is 3. The Morgan fingerprint density at radius 3 is 3.08 bits per heavy atom. The quantitative estimate of drug-likeness (QED) is 0.604. The first kappa shape index (κ1) is 8.97. The molecule has 1 aliphatic heterocycles. The van der Waals surface area contributed by atoms with Gasteiger partial charge in [-0.2, -0.15) is 0 Å². The fourth-order valence-corrected chi connectivity index (χ4v) is 1.74. The summed E-state index contributed by atoms with van der Waals surface area (Å²) in [5.74, 6) is 0.840. The Morgan fingerprint density at radius 1 is 1.62 bits per heavy atom. The zero-order chi connectivity index (χ0) is 9.26. The predicted molar refractivity (Wildman–Crippen MR) is 43.9 cm³/mol. The highest BCUT2D eigenvalue weighted by Gasteiger charge is 2.45. The molecule has 74 valence electrons. The van der Waals surface area contributed by atoms with Crippen molar-refractivity contribution in [3.63, 3.8) is 0 Å². The van der Waals surface area contributed by atoms with Crippen LogP contribution in [0.3, 0.4) is 0 Å². The molecule has 3 atom stereocenters. The average Bonchev–Trinajstić information content (AvgIpc) is 2.66. The van der Waals surface area contributed by atoms with Gasteiger partial charge in [-0.3, -0.25) is 4.79 Å². The van der Waals surface area contributed by atoms with Crippen molar-refractivity contribution in [2.75, 3.05) is 20.0 Å². The molecule has 2 rings (SSSR count). The van der Waals surface area contributed by atoms with E-state index in [0.717, 1.165) is 6.42 Å². The van der Waals surface area contributed by atoms with Gasteiger partial charge in [-0.1, -0.05) is 0 Å². The van der Waals surface area contributed by atoms with Crippen molar-refractivity contribution in [1.82, 2.24) is 0 Å². The summed E-state index contributed by atoms with van der Waals surface area (Å²) in [6, 6.07) is 0. The number of hydrogen-bond acceptors (Lipinski definition) is 4. The molecule has 1 saturated heterocycles. The van der Waals surface area contributed by atoms with Gasteiger partial charge in [-0.05, 0) is 18.3 Å². The second-order valence-corrected chi connectivity index (χ2v) is 3.66. The van der Waals surface area contributed by atoms with Crippen molar-refractivity contribution >= 4 is 5.97 Å². The highest BCUT2D eigenvalue weighted by Crippen LogP contribution is 2.43. The van der Waals surface area contributed by atoms with Gasteiger partial charge < -0.3 is 14.2 Å². The molecule has 2 aliphatic rings. The molecular formula is C9H14O4. The SMILES string of the molecule is CC(=O)OCC1CC1C1COCO1. The Labute approximate surface area is 77.1 Å². The molecule has 0 aromatic heterocycles. The number of esters is 1. The highest BCUT2D eigenvalue weighted by molar-refractivity contribution is 5.65. The first-order valence-corrected chi connectivity index (χ1v) is 4.60. The van der Waals surface area contributed by atoms with Crippen LogP contribution < -0.4 is 0 Å². The van der Waals surface area contributed by atoms with Crippen molar-refractivity contribution in [2.24, 2.45) is 11.8 Å². The average molecular weight is 186 g/mol. The van der Waals surface area contributed by atoms with E-state index < -0.39 is 0 Å². The van der Waals surface area contributed by atoms with Gasteiger partial charge in [-0.15, -0.1) is 0 Å². The topological polar surface area (TPSA) is 44.8 Å². The van der Waals surface area contributed by atoms with Crippen molar-refractivity contribution < 1.29 is 19.0 Å². The van der Waals surface area contributed by atoms with E-state index in [-0.39, 0.29) is 12.1 Å². The van der Waals surface area contributed by atoms with Crippen LogP contribution in [0.1, 0.15) is 13.3 Å². The Hall–Kier alpha value is -0.610. The van der Waals surface area contributed by atoms with E-state index in [1.54, 1.807) is 0 Å². The predicted octanol–water partition coefficient (Wildman–Crippen LogP) is 0.558. The van der Waals surface area contributed by atoms with Gasteiger partial charge in [0.05, 0.1) is 19.3 Å². The number of ether oxygens (including phenoxy) is 3. The van der Waals surface area contributed by atoms with Crippen LogP contribution in [0.4, 0.5) is 0 Å². The van der Waals surface area contributed by atoms with Crippen LogP contribution in [0.5, 0.6) is 0 Å². The molecule has 0 aromatic rings. The molecule has 3 unspecified atom stereocenters. The van der Waals surface area contributed by atoms with E-state index >= 15 is 0 Å². The number of carbonyl (C=O) groups excluding carboxylic acids is 1. The molecule has 1 heterocycles. The van der Waals surface area contributed by atoms with Crippen LogP contribution in [0, 0.1) is 11.8 Å². The molecule has 4 heteroatoms. The summed E-state index contributed by atoms with van der Waals surface area (Å²) in [5, 5.41) is 0. The summed E-state index contributed by atoms with van der Waals surface area (Å²) < 4.78 is 15.4. The minimum atomic E-state index is -0.200. The summed E-state index contributed by atoms with van der Waals surface area (Å²) in [6.45, 7) is 3.09. The summed E-state index contributed by atoms with van der Waals surface area (Å²) >= 11 is 0. The zero-order valence-corrected chi connectivity index (χ0v) is 7.69.